The minimum Gasteiger partial charge on any atom is -0.496 e. The Labute approximate surface area is 163 Å². The molecule has 0 bridgehead atoms. The van der Waals surface area contributed by atoms with Gasteiger partial charge in [0.25, 0.3) is 0 Å². The zero-order valence-electron chi connectivity index (χ0n) is 15.7. The van der Waals surface area contributed by atoms with Crippen molar-refractivity contribution >= 4 is 24.2 Å². The number of hydrogen-bond donors (Lipinski definition) is 2. The fourth-order valence-corrected chi connectivity index (χ4v) is 2.23. The molecule has 8 heteroatoms. The van der Waals surface area contributed by atoms with Crippen LogP contribution in [0.5, 0.6) is 11.5 Å². The zero-order chi connectivity index (χ0) is 20.2. The first-order valence-electron chi connectivity index (χ1n) is 8.54. The number of amides is 2. The van der Waals surface area contributed by atoms with Crippen molar-refractivity contribution in [2.45, 2.75) is 12.8 Å². The Morgan fingerprint density at radius 2 is 1.18 bits per heavy atom. The van der Waals surface area contributed by atoms with Crippen molar-refractivity contribution in [3.05, 3.63) is 59.7 Å². The molecule has 0 radical (unpaired) electrons. The molecule has 2 rings (SSSR count). The van der Waals surface area contributed by atoms with Crippen molar-refractivity contribution in [1.82, 2.24) is 10.9 Å². The number of methoxy groups -OCH3 is 2. The maximum absolute atomic E-state index is 11.8. The number of carbonyl (C=O) groups excluding carboxylic acids is 2. The van der Waals surface area contributed by atoms with Gasteiger partial charge in [-0.25, -0.2) is 10.9 Å². The second-order valence-electron chi connectivity index (χ2n) is 5.57. The largest absolute Gasteiger partial charge is 0.496 e. The molecule has 28 heavy (non-hydrogen) atoms. The van der Waals surface area contributed by atoms with Gasteiger partial charge in [0.05, 0.1) is 26.6 Å². The molecule has 0 saturated carbocycles. The average Bonchev–Trinajstić information content (AvgIpc) is 2.73. The van der Waals surface area contributed by atoms with Gasteiger partial charge in [-0.1, -0.05) is 24.3 Å². The zero-order valence-corrected chi connectivity index (χ0v) is 15.7. The summed E-state index contributed by atoms with van der Waals surface area (Å²) in [5.41, 5.74) is 6.21. The van der Waals surface area contributed by atoms with Crippen LogP contribution < -0.4 is 20.3 Å². The molecule has 0 heterocycles. The van der Waals surface area contributed by atoms with E-state index in [4.69, 9.17) is 9.47 Å². The van der Waals surface area contributed by atoms with E-state index in [2.05, 4.69) is 21.1 Å². The summed E-state index contributed by atoms with van der Waals surface area (Å²) in [7, 11) is 3.11. The Hall–Kier alpha value is -3.68. The number of rotatable bonds is 9. The minimum absolute atomic E-state index is 0.0146. The number of nitrogens with one attached hydrogen (secondary N) is 2. The number of nitrogens with zero attached hydrogens (tertiary/aromatic N) is 2. The number of carbonyl (C=O) groups is 2. The van der Waals surface area contributed by atoms with Crippen molar-refractivity contribution in [1.29, 1.82) is 0 Å². The summed E-state index contributed by atoms with van der Waals surface area (Å²) in [6.07, 6.45) is 2.93. The average molecular weight is 382 g/mol. The number of para-hydroxylation sites is 2. The van der Waals surface area contributed by atoms with Crippen LogP contribution in [0.3, 0.4) is 0 Å². The van der Waals surface area contributed by atoms with E-state index >= 15 is 0 Å². The molecule has 0 aliphatic heterocycles. The van der Waals surface area contributed by atoms with E-state index in [1.165, 1.54) is 12.4 Å². The molecule has 2 aromatic rings. The van der Waals surface area contributed by atoms with E-state index in [0.29, 0.717) is 11.5 Å². The summed E-state index contributed by atoms with van der Waals surface area (Å²) in [6.45, 7) is 0. The smallest absolute Gasteiger partial charge is 0.240 e. The van der Waals surface area contributed by atoms with Crippen molar-refractivity contribution in [3.63, 3.8) is 0 Å². The van der Waals surface area contributed by atoms with Gasteiger partial charge in [0.2, 0.25) is 11.8 Å². The van der Waals surface area contributed by atoms with Gasteiger partial charge in [0, 0.05) is 24.0 Å². The molecule has 2 N–H and O–H groups in total. The Morgan fingerprint density at radius 3 is 1.57 bits per heavy atom. The van der Waals surface area contributed by atoms with Crippen LogP contribution in [-0.2, 0) is 9.59 Å². The molecule has 0 aliphatic carbocycles. The minimum atomic E-state index is -0.380. The summed E-state index contributed by atoms with van der Waals surface area (Å²) in [5, 5.41) is 7.74. The molecule has 0 aromatic heterocycles. The van der Waals surface area contributed by atoms with Gasteiger partial charge in [-0.2, -0.15) is 10.2 Å². The molecule has 0 fully saturated rings. The van der Waals surface area contributed by atoms with Crippen molar-refractivity contribution in [2.75, 3.05) is 14.2 Å². The highest BCUT2D eigenvalue weighted by Crippen LogP contribution is 2.15. The highest BCUT2D eigenvalue weighted by molar-refractivity contribution is 5.88. The lowest BCUT2D eigenvalue weighted by atomic mass is 10.2. The maximum atomic E-state index is 11.8. The van der Waals surface area contributed by atoms with Crippen LogP contribution in [0, 0.1) is 0 Å². The fraction of sp³-hybridized carbons (Fsp3) is 0.200. The molecule has 2 amide bonds. The first-order chi connectivity index (χ1) is 13.6. The molecule has 8 nitrogen and oxygen atoms in total. The molecule has 0 aliphatic rings. The van der Waals surface area contributed by atoms with Crippen LogP contribution in [-0.4, -0.2) is 38.5 Å². The second kappa shape index (κ2) is 11.1. The standard InChI is InChI=1S/C20H22N4O4/c1-27-17-9-5-3-7-15(17)13-21-23-19(25)11-12-20(26)24-22-14-16-8-4-6-10-18(16)28-2/h3-10,13-14H,11-12H2,1-2H3,(H,23,25)(H,24,26)/b21-13+,22-14+. The monoisotopic (exact) mass is 382 g/mol. The van der Waals surface area contributed by atoms with Crippen molar-refractivity contribution < 1.29 is 19.1 Å². The third kappa shape index (κ3) is 6.56. The third-order valence-corrected chi connectivity index (χ3v) is 3.64. The Morgan fingerprint density at radius 1 is 0.786 bits per heavy atom. The van der Waals surface area contributed by atoms with E-state index in [1.807, 2.05) is 36.4 Å². The van der Waals surface area contributed by atoms with E-state index in [9.17, 15) is 9.59 Å². The molecular weight excluding hydrogens is 360 g/mol. The highest BCUT2D eigenvalue weighted by atomic mass is 16.5. The maximum Gasteiger partial charge on any atom is 0.240 e. The topological polar surface area (TPSA) is 101 Å². The Kier molecular flexibility index (Phi) is 8.19. The normalized spacial score (nSPS) is 10.8. The van der Waals surface area contributed by atoms with Crippen molar-refractivity contribution in [3.8, 4) is 11.5 Å². The summed E-state index contributed by atoms with van der Waals surface area (Å²) in [4.78, 5) is 23.6. The molecule has 0 atom stereocenters. The van der Waals surface area contributed by atoms with Crippen LogP contribution in [0.4, 0.5) is 0 Å². The first-order valence-corrected chi connectivity index (χ1v) is 8.54. The van der Waals surface area contributed by atoms with Gasteiger partial charge >= 0.3 is 0 Å². The number of ether oxygens (including phenoxy) is 2. The lowest BCUT2D eigenvalue weighted by Crippen LogP contribution is -2.22. The van der Waals surface area contributed by atoms with Crippen LogP contribution in [0.15, 0.2) is 58.7 Å². The molecule has 2 aromatic carbocycles. The number of hydrazone groups is 2. The van der Waals surface area contributed by atoms with E-state index in [0.717, 1.165) is 11.1 Å². The van der Waals surface area contributed by atoms with Gasteiger partial charge in [0.15, 0.2) is 0 Å². The quantitative estimate of drug-likeness (QED) is 0.512. The summed E-state index contributed by atoms with van der Waals surface area (Å²) in [6, 6.07) is 14.5. The Bertz CT molecular complexity index is 793. The SMILES string of the molecule is COc1ccccc1/C=N/NC(=O)CCC(=O)N/N=C/c1ccccc1OC. The van der Waals surface area contributed by atoms with Gasteiger partial charge in [-0.15, -0.1) is 0 Å². The number of hydrogen-bond acceptors (Lipinski definition) is 6. The fourth-order valence-electron chi connectivity index (χ4n) is 2.23. The molecule has 0 unspecified atom stereocenters. The summed E-state index contributed by atoms with van der Waals surface area (Å²) in [5.74, 6) is 0.533. The van der Waals surface area contributed by atoms with Crippen LogP contribution in [0.2, 0.25) is 0 Å². The predicted octanol–water partition coefficient (Wildman–Crippen LogP) is 2.08. The molecular formula is C20H22N4O4. The van der Waals surface area contributed by atoms with E-state index in [1.54, 1.807) is 26.4 Å². The van der Waals surface area contributed by atoms with Gasteiger partial charge in [-0.3, -0.25) is 9.59 Å². The number of benzene rings is 2. The second-order valence-corrected chi connectivity index (χ2v) is 5.57. The van der Waals surface area contributed by atoms with Crippen LogP contribution in [0.1, 0.15) is 24.0 Å². The molecule has 146 valence electrons. The molecule has 0 spiro atoms. The lowest BCUT2D eigenvalue weighted by molar-refractivity contribution is -0.126. The van der Waals surface area contributed by atoms with Gasteiger partial charge < -0.3 is 9.47 Å². The van der Waals surface area contributed by atoms with Crippen molar-refractivity contribution in [2.24, 2.45) is 10.2 Å². The molecule has 0 saturated heterocycles. The van der Waals surface area contributed by atoms with Gasteiger partial charge in [0.1, 0.15) is 11.5 Å². The third-order valence-electron chi connectivity index (χ3n) is 3.64. The van der Waals surface area contributed by atoms with Crippen LogP contribution >= 0.6 is 0 Å². The van der Waals surface area contributed by atoms with E-state index in [-0.39, 0.29) is 24.7 Å². The van der Waals surface area contributed by atoms with Gasteiger partial charge in [-0.05, 0) is 24.3 Å². The predicted molar refractivity (Wildman–Crippen MR) is 107 cm³/mol. The first kappa shape index (κ1) is 20.6. The van der Waals surface area contributed by atoms with Crippen LogP contribution in [0.25, 0.3) is 0 Å². The lowest BCUT2D eigenvalue weighted by Gasteiger charge is -2.04. The summed E-state index contributed by atoms with van der Waals surface area (Å²) >= 11 is 0. The highest BCUT2D eigenvalue weighted by Gasteiger charge is 2.06. The van der Waals surface area contributed by atoms with E-state index < -0.39 is 0 Å². The Balaban J connectivity index is 1.74. The summed E-state index contributed by atoms with van der Waals surface area (Å²) < 4.78 is 10.4.